The molecular weight excluding hydrogens is 218 g/mol. The first-order valence-electron chi connectivity index (χ1n) is 5.82. The summed E-state index contributed by atoms with van der Waals surface area (Å²) >= 11 is 0. The fourth-order valence-electron chi connectivity index (χ4n) is 2.69. The number of carbonyl (C=O) groups is 1. The zero-order valence-corrected chi connectivity index (χ0v) is 9.60. The van der Waals surface area contributed by atoms with Crippen molar-refractivity contribution < 1.29 is 15.0 Å². The van der Waals surface area contributed by atoms with Gasteiger partial charge in [0, 0.05) is 12.5 Å². The second kappa shape index (κ2) is 4.37. The highest BCUT2D eigenvalue weighted by Gasteiger charge is 2.50. The smallest absolute Gasteiger partial charge is 0.310 e. The van der Waals surface area contributed by atoms with Gasteiger partial charge in [-0.3, -0.25) is 4.79 Å². The molecule has 0 aromatic heterocycles. The Bertz CT molecular complexity index is 426. The minimum atomic E-state index is -0.775. The molecule has 0 radical (unpaired) electrons. The minimum absolute atomic E-state index is 0.154. The highest BCUT2D eigenvalue weighted by Crippen LogP contribution is 2.51. The van der Waals surface area contributed by atoms with Crippen LogP contribution in [0.2, 0.25) is 0 Å². The number of carboxylic acid groups (broad SMARTS) is 1. The van der Waals surface area contributed by atoms with Gasteiger partial charge in [-0.2, -0.15) is 0 Å². The molecule has 0 amide bonds. The van der Waals surface area contributed by atoms with E-state index in [1.54, 1.807) is 18.2 Å². The van der Waals surface area contributed by atoms with E-state index in [1.807, 2.05) is 6.07 Å². The van der Waals surface area contributed by atoms with Crippen LogP contribution < -0.4 is 5.73 Å². The van der Waals surface area contributed by atoms with Gasteiger partial charge in [-0.05, 0) is 30.5 Å². The maximum Gasteiger partial charge on any atom is 0.310 e. The van der Waals surface area contributed by atoms with Gasteiger partial charge < -0.3 is 15.9 Å². The summed E-state index contributed by atoms with van der Waals surface area (Å²) in [5.41, 5.74) is 5.82. The molecule has 2 rings (SSSR count). The predicted octanol–water partition coefficient (Wildman–Crippen LogP) is 1.69. The normalized spacial score (nSPS) is 19.4. The SMILES string of the molecule is NC[C@@H](c1cccc(O)c1)C1(C(=O)O)CCC1. The molecule has 0 heterocycles. The number of nitrogens with two attached hydrogens (primary N) is 1. The molecule has 0 bridgehead atoms. The van der Waals surface area contributed by atoms with Crippen LogP contribution in [0.25, 0.3) is 0 Å². The molecule has 4 nitrogen and oxygen atoms in total. The van der Waals surface area contributed by atoms with Crippen molar-refractivity contribution in [3.63, 3.8) is 0 Å². The third kappa shape index (κ3) is 1.89. The number of phenols is 1. The van der Waals surface area contributed by atoms with E-state index < -0.39 is 11.4 Å². The number of hydrogen-bond donors (Lipinski definition) is 3. The fourth-order valence-corrected chi connectivity index (χ4v) is 2.69. The quantitative estimate of drug-likeness (QED) is 0.741. The van der Waals surface area contributed by atoms with E-state index >= 15 is 0 Å². The second-order valence-electron chi connectivity index (χ2n) is 4.70. The first kappa shape index (κ1) is 11.9. The van der Waals surface area contributed by atoms with Crippen LogP contribution >= 0.6 is 0 Å². The van der Waals surface area contributed by atoms with E-state index in [9.17, 15) is 15.0 Å². The number of phenolic OH excluding ortho intramolecular Hbond substituents is 1. The molecule has 0 unspecified atom stereocenters. The van der Waals surface area contributed by atoms with Crippen LogP contribution in [0.1, 0.15) is 30.7 Å². The lowest BCUT2D eigenvalue weighted by atomic mass is 9.59. The molecule has 0 spiro atoms. The Morgan fingerprint density at radius 1 is 1.47 bits per heavy atom. The van der Waals surface area contributed by atoms with E-state index in [-0.39, 0.29) is 18.2 Å². The van der Waals surface area contributed by atoms with Gasteiger partial charge >= 0.3 is 5.97 Å². The van der Waals surface area contributed by atoms with Gasteiger partial charge in [-0.25, -0.2) is 0 Å². The van der Waals surface area contributed by atoms with Crippen LogP contribution in [0.4, 0.5) is 0 Å². The molecule has 1 atom stereocenters. The van der Waals surface area contributed by atoms with Crippen molar-refractivity contribution in [1.29, 1.82) is 0 Å². The lowest BCUT2D eigenvalue weighted by Crippen LogP contribution is -2.45. The number of hydrogen-bond acceptors (Lipinski definition) is 3. The maximum absolute atomic E-state index is 11.4. The molecule has 1 aromatic rings. The van der Waals surface area contributed by atoms with E-state index in [4.69, 9.17) is 5.73 Å². The average Bonchev–Trinajstić information content (AvgIpc) is 2.22. The van der Waals surface area contributed by atoms with Gasteiger partial charge in [-0.1, -0.05) is 18.6 Å². The van der Waals surface area contributed by atoms with Gasteiger partial charge in [0.25, 0.3) is 0 Å². The molecule has 1 saturated carbocycles. The Balaban J connectivity index is 2.36. The van der Waals surface area contributed by atoms with Crippen LogP contribution in [-0.4, -0.2) is 22.7 Å². The number of benzene rings is 1. The molecule has 92 valence electrons. The highest BCUT2D eigenvalue weighted by molar-refractivity contribution is 5.77. The summed E-state index contributed by atoms with van der Waals surface area (Å²) in [6.45, 7) is 0.287. The summed E-state index contributed by atoms with van der Waals surface area (Å²) < 4.78 is 0. The number of carboxylic acids is 1. The van der Waals surface area contributed by atoms with Crippen molar-refractivity contribution in [2.24, 2.45) is 11.1 Å². The van der Waals surface area contributed by atoms with E-state index in [2.05, 4.69) is 0 Å². The summed E-state index contributed by atoms with van der Waals surface area (Å²) in [5, 5.41) is 18.9. The first-order chi connectivity index (χ1) is 8.10. The minimum Gasteiger partial charge on any atom is -0.508 e. The van der Waals surface area contributed by atoms with E-state index in [1.165, 1.54) is 0 Å². The van der Waals surface area contributed by atoms with Gasteiger partial charge in [0.15, 0.2) is 0 Å². The molecule has 4 N–H and O–H groups in total. The Hall–Kier alpha value is -1.55. The zero-order chi connectivity index (χ0) is 12.5. The fraction of sp³-hybridized carbons (Fsp3) is 0.462. The topological polar surface area (TPSA) is 83.5 Å². The third-order valence-electron chi connectivity index (χ3n) is 3.85. The molecule has 0 aliphatic heterocycles. The number of aliphatic carboxylic acids is 1. The molecule has 1 aliphatic rings. The Labute approximate surface area is 100 Å². The first-order valence-corrected chi connectivity index (χ1v) is 5.82. The lowest BCUT2D eigenvalue weighted by molar-refractivity contribution is -0.156. The van der Waals surface area contributed by atoms with Crippen LogP contribution in [0, 0.1) is 5.41 Å². The van der Waals surface area contributed by atoms with Crippen molar-refractivity contribution in [1.82, 2.24) is 0 Å². The summed E-state index contributed by atoms with van der Waals surface area (Å²) in [4.78, 5) is 11.4. The maximum atomic E-state index is 11.4. The van der Waals surface area contributed by atoms with Crippen molar-refractivity contribution in [3.8, 4) is 5.75 Å². The zero-order valence-electron chi connectivity index (χ0n) is 9.60. The molecular formula is C13H17NO3. The predicted molar refractivity (Wildman–Crippen MR) is 63.8 cm³/mol. The molecule has 1 aliphatic carbocycles. The Morgan fingerprint density at radius 3 is 2.59 bits per heavy atom. The van der Waals surface area contributed by atoms with Crippen LogP contribution in [0.3, 0.4) is 0 Å². The van der Waals surface area contributed by atoms with Gasteiger partial charge in [0.2, 0.25) is 0 Å². The van der Waals surface area contributed by atoms with Crippen molar-refractivity contribution in [3.05, 3.63) is 29.8 Å². The average molecular weight is 235 g/mol. The third-order valence-corrected chi connectivity index (χ3v) is 3.85. The molecule has 1 aromatic carbocycles. The van der Waals surface area contributed by atoms with Crippen LogP contribution in [-0.2, 0) is 4.79 Å². The van der Waals surface area contributed by atoms with Crippen LogP contribution in [0.15, 0.2) is 24.3 Å². The summed E-state index contributed by atoms with van der Waals surface area (Å²) in [6.07, 6.45) is 2.27. The van der Waals surface area contributed by atoms with Crippen molar-refractivity contribution >= 4 is 5.97 Å². The highest BCUT2D eigenvalue weighted by atomic mass is 16.4. The summed E-state index contributed by atoms with van der Waals surface area (Å²) in [6, 6.07) is 6.74. The lowest BCUT2D eigenvalue weighted by Gasteiger charge is -2.44. The van der Waals surface area contributed by atoms with Gasteiger partial charge in [0.1, 0.15) is 5.75 Å². The monoisotopic (exact) mass is 235 g/mol. The molecule has 0 saturated heterocycles. The van der Waals surface area contributed by atoms with Crippen molar-refractivity contribution in [2.45, 2.75) is 25.2 Å². The second-order valence-corrected chi connectivity index (χ2v) is 4.70. The van der Waals surface area contributed by atoms with E-state index in [0.29, 0.717) is 12.8 Å². The summed E-state index contributed by atoms with van der Waals surface area (Å²) in [5.74, 6) is -0.843. The van der Waals surface area contributed by atoms with Gasteiger partial charge in [-0.15, -0.1) is 0 Å². The van der Waals surface area contributed by atoms with Gasteiger partial charge in [0.05, 0.1) is 5.41 Å². The Kier molecular flexibility index (Phi) is 3.07. The largest absolute Gasteiger partial charge is 0.508 e. The summed E-state index contributed by atoms with van der Waals surface area (Å²) in [7, 11) is 0. The molecule has 4 heteroatoms. The van der Waals surface area contributed by atoms with E-state index in [0.717, 1.165) is 12.0 Å². The Morgan fingerprint density at radius 2 is 2.18 bits per heavy atom. The number of rotatable bonds is 4. The molecule has 1 fully saturated rings. The number of aromatic hydroxyl groups is 1. The molecule has 17 heavy (non-hydrogen) atoms. The van der Waals surface area contributed by atoms with Crippen LogP contribution in [0.5, 0.6) is 5.75 Å². The standard InChI is InChI=1S/C13H17NO3/c14-8-11(9-3-1-4-10(15)7-9)13(12(16)17)5-2-6-13/h1,3-4,7,11,15H,2,5-6,8,14H2,(H,16,17)/t11-/m0/s1. The van der Waals surface area contributed by atoms with Crippen molar-refractivity contribution in [2.75, 3.05) is 6.54 Å².